The summed E-state index contributed by atoms with van der Waals surface area (Å²) in [6, 6.07) is 8.31. The van der Waals surface area contributed by atoms with E-state index in [1.165, 1.54) is 5.56 Å². The molecule has 2 heteroatoms. The van der Waals surface area contributed by atoms with Crippen LogP contribution in [0, 0.1) is 0 Å². The smallest absolute Gasteiger partial charge is 0.127 e. The number of methoxy groups -OCH3 is 1. The third-order valence-corrected chi connectivity index (χ3v) is 3.33. The number of ether oxygens (including phenoxy) is 2. The molecule has 1 aliphatic rings. The van der Waals surface area contributed by atoms with Gasteiger partial charge in [-0.3, -0.25) is 0 Å². The van der Waals surface area contributed by atoms with Crippen molar-refractivity contribution in [3.05, 3.63) is 66.2 Å². The Morgan fingerprint density at radius 1 is 1.20 bits per heavy atom. The Kier molecular flexibility index (Phi) is 5.48. The minimum atomic E-state index is 0.848. The van der Waals surface area contributed by atoms with Gasteiger partial charge in [0.25, 0.3) is 0 Å². The molecule has 20 heavy (non-hydrogen) atoms. The van der Waals surface area contributed by atoms with Crippen LogP contribution in [-0.2, 0) is 11.2 Å². The predicted molar refractivity (Wildman–Crippen MR) is 82.6 cm³/mol. The van der Waals surface area contributed by atoms with Gasteiger partial charge in [0.1, 0.15) is 11.5 Å². The molecule has 0 radical (unpaired) electrons. The van der Waals surface area contributed by atoms with Crippen LogP contribution in [0.25, 0.3) is 0 Å². The summed E-state index contributed by atoms with van der Waals surface area (Å²) in [5.41, 5.74) is 1.31. The van der Waals surface area contributed by atoms with Crippen molar-refractivity contribution >= 4 is 0 Å². The van der Waals surface area contributed by atoms with Crippen molar-refractivity contribution in [2.45, 2.75) is 32.1 Å². The summed E-state index contributed by atoms with van der Waals surface area (Å²) in [4.78, 5) is 0. The third kappa shape index (κ3) is 4.61. The standard InChI is InChI=1S/C18H22O2/c1-15(19-2)7-6-8-16-11-13-18(14-12-16)20-17-9-4-3-5-10-17/h4,9-14H,1,3,5-8H2,2H3. The lowest BCUT2D eigenvalue weighted by molar-refractivity contribution is 0.277. The average Bonchev–Trinajstić information content (AvgIpc) is 2.50. The summed E-state index contributed by atoms with van der Waals surface area (Å²) < 4.78 is 10.9. The number of allylic oxidation sites excluding steroid dienone is 4. The highest BCUT2D eigenvalue weighted by molar-refractivity contribution is 5.31. The SMILES string of the molecule is C=C(CCCc1ccc(OC2=CCCC=C2)cc1)OC. The van der Waals surface area contributed by atoms with Crippen LogP contribution in [0.3, 0.4) is 0 Å². The Hall–Kier alpha value is -1.96. The van der Waals surface area contributed by atoms with Crippen molar-refractivity contribution in [1.82, 2.24) is 0 Å². The molecule has 0 aromatic heterocycles. The van der Waals surface area contributed by atoms with Gasteiger partial charge in [0.05, 0.1) is 12.9 Å². The first kappa shape index (κ1) is 14.4. The minimum absolute atomic E-state index is 0.848. The summed E-state index contributed by atoms with van der Waals surface area (Å²) in [6.07, 6.45) is 11.5. The number of hydrogen-bond donors (Lipinski definition) is 0. The van der Waals surface area contributed by atoms with E-state index in [1.807, 2.05) is 18.2 Å². The first-order chi connectivity index (χ1) is 9.78. The lowest BCUT2D eigenvalue weighted by Crippen LogP contribution is -1.95. The summed E-state index contributed by atoms with van der Waals surface area (Å²) in [5.74, 6) is 2.69. The maximum Gasteiger partial charge on any atom is 0.127 e. The monoisotopic (exact) mass is 270 g/mol. The molecule has 0 saturated heterocycles. The maximum absolute atomic E-state index is 5.81. The number of hydrogen-bond acceptors (Lipinski definition) is 2. The maximum atomic E-state index is 5.81. The van der Waals surface area contributed by atoms with E-state index in [0.717, 1.165) is 49.4 Å². The van der Waals surface area contributed by atoms with Crippen LogP contribution in [0.15, 0.2) is 60.6 Å². The van der Waals surface area contributed by atoms with Crippen LogP contribution >= 0.6 is 0 Å². The van der Waals surface area contributed by atoms with Gasteiger partial charge >= 0.3 is 0 Å². The van der Waals surface area contributed by atoms with Crippen LogP contribution in [-0.4, -0.2) is 7.11 Å². The van der Waals surface area contributed by atoms with Crippen molar-refractivity contribution in [3.8, 4) is 5.75 Å². The normalized spacial score (nSPS) is 13.8. The van der Waals surface area contributed by atoms with Crippen LogP contribution in [0.2, 0.25) is 0 Å². The fraction of sp³-hybridized carbons (Fsp3) is 0.333. The van der Waals surface area contributed by atoms with E-state index >= 15 is 0 Å². The van der Waals surface area contributed by atoms with Gasteiger partial charge in [-0.1, -0.05) is 24.8 Å². The molecule has 0 amide bonds. The Bertz CT molecular complexity index is 495. The summed E-state index contributed by atoms with van der Waals surface area (Å²) in [7, 11) is 1.67. The molecule has 1 aliphatic carbocycles. The minimum Gasteiger partial charge on any atom is -0.502 e. The van der Waals surface area contributed by atoms with Gasteiger partial charge in [-0.25, -0.2) is 0 Å². The van der Waals surface area contributed by atoms with Crippen molar-refractivity contribution < 1.29 is 9.47 Å². The number of rotatable bonds is 7. The Labute approximate surface area is 121 Å². The van der Waals surface area contributed by atoms with Gasteiger partial charge in [-0.2, -0.15) is 0 Å². The van der Waals surface area contributed by atoms with Crippen LogP contribution < -0.4 is 4.74 Å². The van der Waals surface area contributed by atoms with Gasteiger partial charge in [-0.15, -0.1) is 0 Å². The molecule has 0 bridgehead atoms. The molecule has 2 rings (SSSR count). The Morgan fingerprint density at radius 3 is 2.65 bits per heavy atom. The predicted octanol–water partition coefficient (Wildman–Crippen LogP) is 4.78. The first-order valence-corrected chi connectivity index (χ1v) is 7.13. The van der Waals surface area contributed by atoms with Crippen molar-refractivity contribution in [2.24, 2.45) is 0 Å². The quantitative estimate of drug-likeness (QED) is 0.664. The zero-order valence-electron chi connectivity index (χ0n) is 12.1. The van der Waals surface area contributed by atoms with Crippen molar-refractivity contribution in [2.75, 3.05) is 7.11 Å². The molecule has 0 saturated carbocycles. The van der Waals surface area contributed by atoms with Gasteiger partial charge in [0.15, 0.2) is 0 Å². The topological polar surface area (TPSA) is 18.5 Å². The van der Waals surface area contributed by atoms with E-state index in [4.69, 9.17) is 9.47 Å². The van der Waals surface area contributed by atoms with E-state index in [0.29, 0.717) is 0 Å². The van der Waals surface area contributed by atoms with Gasteiger partial charge < -0.3 is 9.47 Å². The molecular weight excluding hydrogens is 248 g/mol. The van der Waals surface area contributed by atoms with Crippen molar-refractivity contribution in [1.29, 1.82) is 0 Å². The number of benzene rings is 1. The molecule has 0 atom stereocenters. The van der Waals surface area contributed by atoms with E-state index in [9.17, 15) is 0 Å². The summed E-state index contributed by atoms with van der Waals surface area (Å²) in [6.45, 7) is 3.83. The van der Waals surface area contributed by atoms with Gasteiger partial charge in [0.2, 0.25) is 0 Å². The van der Waals surface area contributed by atoms with Crippen LogP contribution in [0.4, 0.5) is 0 Å². The molecule has 0 aliphatic heterocycles. The van der Waals surface area contributed by atoms with E-state index in [-0.39, 0.29) is 0 Å². The second kappa shape index (κ2) is 7.59. The summed E-state index contributed by atoms with van der Waals surface area (Å²) in [5, 5.41) is 0. The van der Waals surface area contributed by atoms with Crippen LogP contribution in [0.5, 0.6) is 5.75 Å². The molecule has 0 N–H and O–H groups in total. The molecular formula is C18H22O2. The molecule has 0 unspecified atom stereocenters. The fourth-order valence-corrected chi connectivity index (χ4v) is 2.12. The second-order valence-corrected chi connectivity index (χ2v) is 4.93. The summed E-state index contributed by atoms with van der Waals surface area (Å²) >= 11 is 0. The molecule has 0 spiro atoms. The lowest BCUT2D eigenvalue weighted by atomic mass is 10.1. The van der Waals surface area contributed by atoms with E-state index in [2.05, 4.69) is 30.9 Å². The Morgan fingerprint density at radius 2 is 2.00 bits per heavy atom. The Balaban J connectivity index is 1.82. The average molecular weight is 270 g/mol. The molecule has 106 valence electrons. The van der Waals surface area contributed by atoms with Gasteiger partial charge in [-0.05, 0) is 55.5 Å². The molecule has 1 aromatic carbocycles. The zero-order valence-corrected chi connectivity index (χ0v) is 12.1. The van der Waals surface area contributed by atoms with E-state index < -0.39 is 0 Å². The lowest BCUT2D eigenvalue weighted by Gasteiger charge is -2.10. The highest BCUT2D eigenvalue weighted by Crippen LogP contribution is 2.19. The first-order valence-electron chi connectivity index (χ1n) is 7.13. The fourth-order valence-electron chi connectivity index (χ4n) is 2.12. The third-order valence-electron chi connectivity index (χ3n) is 3.33. The zero-order chi connectivity index (χ0) is 14.2. The largest absolute Gasteiger partial charge is 0.502 e. The molecule has 1 aromatic rings. The highest BCUT2D eigenvalue weighted by atomic mass is 16.5. The highest BCUT2D eigenvalue weighted by Gasteiger charge is 2.01. The van der Waals surface area contributed by atoms with Crippen LogP contribution in [0.1, 0.15) is 31.2 Å². The van der Waals surface area contributed by atoms with Crippen molar-refractivity contribution in [3.63, 3.8) is 0 Å². The molecule has 2 nitrogen and oxygen atoms in total. The van der Waals surface area contributed by atoms with Gasteiger partial charge in [0, 0.05) is 6.42 Å². The number of aryl methyl sites for hydroxylation is 1. The molecule has 0 fully saturated rings. The second-order valence-electron chi connectivity index (χ2n) is 4.93. The van der Waals surface area contributed by atoms with E-state index in [1.54, 1.807) is 7.11 Å². The molecule has 0 heterocycles.